The van der Waals surface area contributed by atoms with E-state index in [1.165, 1.54) is 0 Å². The Morgan fingerprint density at radius 1 is 1.32 bits per heavy atom. The van der Waals surface area contributed by atoms with Crippen LogP contribution < -0.4 is 4.72 Å². The van der Waals surface area contributed by atoms with Gasteiger partial charge >= 0.3 is 0 Å². The first-order chi connectivity index (χ1) is 8.99. The number of benzene rings is 1. The van der Waals surface area contributed by atoms with Crippen molar-refractivity contribution in [1.82, 2.24) is 4.72 Å². The smallest absolute Gasteiger partial charge is 0.240 e. The summed E-state index contributed by atoms with van der Waals surface area (Å²) < 4.78 is 32.8. The van der Waals surface area contributed by atoms with Gasteiger partial charge in [-0.2, -0.15) is 0 Å². The molecule has 2 rings (SSSR count). The van der Waals surface area contributed by atoms with Crippen molar-refractivity contribution in [2.75, 3.05) is 6.54 Å². The summed E-state index contributed by atoms with van der Waals surface area (Å²) in [5.74, 6) is 0.758. The number of sulfonamides is 1. The van der Waals surface area contributed by atoms with Crippen LogP contribution in [0.2, 0.25) is 0 Å². The highest BCUT2D eigenvalue weighted by Crippen LogP contribution is 2.20. The second-order valence-corrected chi connectivity index (χ2v) is 6.79. The summed E-state index contributed by atoms with van der Waals surface area (Å²) in [5, 5.41) is 0. The molecular weight excluding hydrogens is 330 g/mol. The fraction of sp³-hybridized carbons (Fsp3) is 0.231. The molecule has 6 heteroatoms. The zero-order valence-corrected chi connectivity index (χ0v) is 12.8. The Balaban J connectivity index is 2.07. The van der Waals surface area contributed by atoms with Gasteiger partial charge in [0.2, 0.25) is 10.0 Å². The summed E-state index contributed by atoms with van der Waals surface area (Å²) >= 11 is 3.28. The van der Waals surface area contributed by atoms with Crippen LogP contribution in [0.4, 0.5) is 0 Å². The Bertz CT molecular complexity index is 651. The van der Waals surface area contributed by atoms with Crippen molar-refractivity contribution in [3.8, 4) is 0 Å². The number of furan rings is 1. The lowest BCUT2D eigenvalue weighted by Gasteiger charge is -2.09. The topological polar surface area (TPSA) is 59.3 Å². The number of hydrogen-bond acceptors (Lipinski definition) is 3. The lowest BCUT2D eigenvalue weighted by molar-refractivity contribution is 0.506. The van der Waals surface area contributed by atoms with Gasteiger partial charge in [-0.15, -0.1) is 0 Å². The summed E-state index contributed by atoms with van der Waals surface area (Å²) in [6.45, 7) is 2.08. The number of hydrogen-bond donors (Lipinski definition) is 1. The molecule has 0 saturated heterocycles. The highest BCUT2D eigenvalue weighted by molar-refractivity contribution is 9.10. The summed E-state index contributed by atoms with van der Waals surface area (Å²) in [4.78, 5) is 0.293. The summed E-state index contributed by atoms with van der Waals surface area (Å²) in [6, 6.07) is 8.79. The van der Waals surface area contributed by atoms with Crippen molar-refractivity contribution in [1.29, 1.82) is 0 Å². The Morgan fingerprint density at radius 2 is 2.11 bits per heavy atom. The zero-order valence-electron chi connectivity index (χ0n) is 10.4. The van der Waals surface area contributed by atoms with Crippen LogP contribution >= 0.6 is 15.9 Å². The van der Waals surface area contributed by atoms with Crippen molar-refractivity contribution < 1.29 is 12.8 Å². The van der Waals surface area contributed by atoms with Crippen LogP contribution in [0.3, 0.4) is 0 Å². The SMILES string of the molecule is Cc1ccc(Br)cc1S(=O)(=O)NCCc1ccco1. The Labute approximate surface area is 121 Å². The van der Waals surface area contributed by atoms with Crippen LogP contribution in [0, 0.1) is 6.92 Å². The van der Waals surface area contributed by atoms with Crippen LogP contribution in [0.15, 0.2) is 50.4 Å². The summed E-state index contributed by atoms with van der Waals surface area (Å²) in [6.07, 6.45) is 2.10. The van der Waals surface area contributed by atoms with Crippen LogP contribution in [0.5, 0.6) is 0 Å². The molecule has 0 saturated carbocycles. The molecule has 0 atom stereocenters. The van der Waals surface area contributed by atoms with Gasteiger partial charge in [0.1, 0.15) is 5.76 Å². The minimum atomic E-state index is -3.49. The maximum absolute atomic E-state index is 12.2. The molecule has 0 spiro atoms. The number of aryl methyl sites for hydroxylation is 1. The van der Waals surface area contributed by atoms with Crippen molar-refractivity contribution in [2.45, 2.75) is 18.2 Å². The number of halogens is 1. The third kappa shape index (κ3) is 3.68. The molecule has 0 unspecified atom stereocenters. The molecule has 1 heterocycles. The molecule has 102 valence electrons. The molecule has 0 aliphatic heterocycles. The van der Waals surface area contributed by atoms with E-state index in [1.54, 1.807) is 31.4 Å². The molecular formula is C13H14BrNO3S. The van der Waals surface area contributed by atoms with Crippen molar-refractivity contribution >= 4 is 26.0 Å². The maximum atomic E-state index is 12.2. The first-order valence-electron chi connectivity index (χ1n) is 5.77. The molecule has 1 aromatic carbocycles. The third-order valence-electron chi connectivity index (χ3n) is 2.68. The van der Waals surface area contributed by atoms with Gasteiger partial charge in [-0.05, 0) is 36.8 Å². The van der Waals surface area contributed by atoms with E-state index < -0.39 is 10.0 Å². The average molecular weight is 344 g/mol. The molecule has 0 aliphatic carbocycles. The van der Waals surface area contributed by atoms with Crippen molar-refractivity contribution in [3.05, 3.63) is 52.4 Å². The molecule has 0 amide bonds. The quantitative estimate of drug-likeness (QED) is 0.907. The van der Waals surface area contributed by atoms with Crippen molar-refractivity contribution in [2.24, 2.45) is 0 Å². The molecule has 2 aromatic rings. The van der Waals surface area contributed by atoms with Crippen molar-refractivity contribution in [3.63, 3.8) is 0 Å². The van der Waals surface area contributed by atoms with Gasteiger partial charge in [-0.3, -0.25) is 0 Å². The molecule has 0 radical (unpaired) electrons. The first-order valence-corrected chi connectivity index (χ1v) is 8.05. The van der Waals surface area contributed by atoms with E-state index in [0.717, 1.165) is 10.2 Å². The monoisotopic (exact) mass is 343 g/mol. The van der Waals surface area contributed by atoms with E-state index in [4.69, 9.17) is 4.42 Å². The van der Waals surface area contributed by atoms with E-state index in [0.29, 0.717) is 23.4 Å². The minimum Gasteiger partial charge on any atom is -0.469 e. The molecule has 4 nitrogen and oxygen atoms in total. The molecule has 0 aliphatic rings. The third-order valence-corrected chi connectivity index (χ3v) is 4.78. The van der Waals surface area contributed by atoms with Gasteiger partial charge in [-0.1, -0.05) is 22.0 Å². The van der Waals surface area contributed by atoms with Crippen LogP contribution in [-0.4, -0.2) is 15.0 Å². The van der Waals surface area contributed by atoms with Gasteiger partial charge in [-0.25, -0.2) is 13.1 Å². The van der Waals surface area contributed by atoms with Gasteiger partial charge in [0, 0.05) is 17.4 Å². The lowest BCUT2D eigenvalue weighted by Crippen LogP contribution is -2.26. The predicted octanol–water partition coefficient (Wildman–Crippen LogP) is 2.87. The molecule has 0 bridgehead atoms. The number of nitrogens with one attached hydrogen (secondary N) is 1. The maximum Gasteiger partial charge on any atom is 0.240 e. The molecule has 1 aromatic heterocycles. The Kier molecular flexibility index (Phi) is 4.44. The van der Waals surface area contributed by atoms with E-state index in [2.05, 4.69) is 20.7 Å². The van der Waals surface area contributed by atoms with E-state index in [9.17, 15) is 8.42 Å². The van der Waals surface area contributed by atoms with Gasteiger partial charge < -0.3 is 4.42 Å². The minimum absolute atomic E-state index is 0.293. The molecule has 1 N–H and O–H groups in total. The summed E-state index contributed by atoms with van der Waals surface area (Å²) in [5.41, 5.74) is 0.716. The van der Waals surface area contributed by atoms with Crippen LogP contribution in [0.25, 0.3) is 0 Å². The standard InChI is InChI=1S/C13H14BrNO3S/c1-10-4-5-11(14)9-13(10)19(16,17)15-7-6-12-3-2-8-18-12/h2-5,8-9,15H,6-7H2,1H3. The van der Waals surface area contributed by atoms with E-state index in [-0.39, 0.29) is 0 Å². The second kappa shape index (κ2) is 5.90. The lowest BCUT2D eigenvalue weighted by atomic mass is 10.2. The van der Waals surface area contributed by atoms with Gasteiger partial charge in [0.25, 0.3) is 0 Å². The number of rotatable bonds is 5. The normalized spacial score (nSPS) is 11.7. The highest BCUT2D eigenvalue weighted by Gasteiger charge is 2.16. The van der Waals surface area contributed by atoms with E-state index in [1.807, 2.05) is 12.1 Å². The molecule has 19 heavy (non-hydrogen) atoms. The van der Waals surface area contributed by atoms with Gasteiger partial charge in [0.15, 0.2) is 0 Å². The van der Waals surface area contributed by atoms with Crippen LogP contribution in [0.1, 0.15) is 11.3 Å². The highest BCUT2D eigenvalue weighted by atomic mass is 79.9. The first kappa shape index (κ1) is 14.3. The second-order valence-electron chi connectivity index (χ2n) is 4.14. The van der Waals surface area contributed by atoms with Gasteiger partial charge in [0.05, 0.1) is 11.2 Å². The predicted molar refractivity (Wildman–Crippen MR) is 76.5 cm³/mol. The van der Waals surface area contributed by atoms with E-state index >= 15 is 0 Å². The average Bonchev–Trinajstić information content (AvgIpc) is 2.85. The zero-order chi connectivity index (χ0) is 13.9. The summed E-state index contributed by atoms with van der Waals surface area (Å²) in [7, 11) is -3.49. The largest absolute Gasteiger partial charge is 0.469 e. The van der Waals surface area contributed by atoms with Crippen LogP contribution in [-0.2, 0) is 16.4 Å². The fourth-order valence-electron chi connectivity index (χ4n) is 1.70. The fourth-order valence-corrected chi connectivity index (χ4v) is 3.52. The Morgan fingerprint density at radius 3 is 2.79 bits per heavy atom. The molecule has 0 fully saturated rings. The Hall–Kier alpha value is -1.11.